The van der Waals surface area contributed by atoms with Crippen molar-refractivity contribution in [2.75, 3.05) is 7.11 Å². The first kappa shape index (κ1) is 12.6. The summed E-state index contributed by atoms with van der Waals surface area (Å²) in [6.07, 6.45) is 1.88. The molecule has 0 saturated heterocycles. The van der Waals surface area contributed by atoms with E-state index < -0.39 is 6.10 Å². The summed E-state index contributed by atoms with van der Waals surface area (Å²) in [5.74, 6) is 0.808. The predicted molar refractivity (Wildman–Crippen MR) is 69.6 cm³/mol. The Morgan fingerprint density at radius 1 is 1.44 bits per heavy atom. The second-order valence-corrected chi connectivity index (χ2v) is 4.41. The maximum Gasteiger partial charge on any atom is 0.119 e. The molecule has 1 unspecified atom stereocenters. The molecule has 0 bridgehead atoms. The largest absolute Gasteiger partial charge is 0.497 e. The van der Waals surface area contributed by atoms with Crippen LogP contribution in [0.5, 0.6) is 5.75 Å². The van der Waals surface area contributed by atoms with Gasteiger partial charge in [0.25, 0.3) is 0 Å². The van der Waals surface area contributed by atoms with Crippen LogP contribution in [0.2, 0.25) is 0 Å². The number of hydrogen-bond donors (Lipinski definition) is 1. The van der Waals surface area contributed by atoms with Crippen LogP contribution in [0.1, 0.15) is 22.9 Å². The SMILES string of the molecule is COc1cccc(CC(O)c2cn(C)nc2C)c1. The highest BCUT2D eigenvalue weighted by Gasteiger charge is 2.14. The fraction of sp³-hybridized carbons (Fsp3) is 0.357. The molecule has 0 aliphatic heterocycles. The van der Waals surface area contributed by atoms with E-state index in [-0.39, 0.29) is 0 Å². The Hall–Kier alpha value is -1.81. The van der Waals surface area contributed by atoms with Crippen LogP contribution in [0, 0.1) is 6.92 Å². The van der Waals surface area contributed by atoms with Gasteiger partial charge in [-0.05, 0) is 24.6 Å². The van der Waals surface area contributed by atoms with Gasteiger partial charge in [0.1, 0.15) is 5.75 Å². The normalized spacial score (nSPS) is 12.4. The van der Waals surface area contributed by atoms with E-state index in [2.05, 4.69) is 5.10 Å². The van der Waals surface area contributed by atoms with Crippen LogP contribution in [0.3, 0.4) is 0 Å². The first-order valence-electron chi connectivity index (χ1n) is 5.91. The molecule has 2 rings (SSSR count). The van der Waals surface area contributed by atoms with Crippen LogP contribution >= 0.6 is 0 Å². The third-order valence-corrected chi connectivity index (χ3v) is 2.97. The zero-order chi connectivity index (χ0) is 13.1. The van der Waals surface area contributed by atoms with Crippen molar-refractivity contribution < 1.29 is 9.84 Å². The molecule has 0 fully saturated rings. The van der Waals surface area contributed by atoms with E-state index >= 15 is 0 Å². The van der Waals surface area contributed by atoms with Crippen LogP contribution < -0.4 is 4.74 Å². The Bertz CT molecular complexity index is 534. The molecule has 0 saturated carbocycles. The molecule has 0 aliphatic rings. The number of aliphatic hydroxyl groups excluding tert-OH is 1. The van der Waals surface area contributed by atoms with Gasteiger partial charge in [-0.25, -0.2) is 0 Å². The lowest BCUT2D eigenvalue weighted by atomic mass is 10.0. The van der Waals surface area contributed by atoms with Gasteiger partial charge in [-0.3, -0.25) is 4.68 Å². The van der Waals surface area contributed by atoms with Gasteiger partial charge in [0, 0.05) is 25.2 Å². The second kappa shape index (κ2) is 5.23. The highest BCUT2D eigenvalue weighted by atomic mass is 16.5. The topological polar surface area (TPSA) is 47.3 Å². The molecular formula is C14H18N2O2. The van der Waals surface area contributed by atoms with Gasteiger partial charge in [0.2, 0.25) is 0 Å². The lowest BCUT2D eigenvalue weighted by Crippen LogP contribution is -2.02. The first-order valence-corrected chi connectivity index (χ1v) is 5.91. The Kier molecular flexibility index (Phi) is 3.67. The number of aliphatic hydroxyl groups is 1. The number of hydrogen-bond acceptors (Lipinski definition) is 3. The predicted octanol–water partition coefficient (Wildman–Crippen LogP) is 2.01. The van der Waals surface area contributed by atoms with Gasteiger partial charge in [-0.2, -0.15) is 5.10 Å². The average molecular weight is 246 g/mol. The number of rotatable bonds is 4. The van der Waals surface area contributed by atoms with Crippen molar-refractivity contribution in [3.63, 3.8) is 0 Å². The van der Waals surface area contributed by atoms with E-state index in [0.29, 0.717) is 6.42 Å². The minimum Gasteiger partial charge on any atom is -0.497 e. The van der Waals surface area contributed by atoms with Crippen LogP contribution in [0.4, 0.5) is 0 Å². The summed E-state index contributed by atoms with van der Waals surface area (Å²) in [6.45, 7) is 1.91. The lowest BCUT2D eigenvalue weighted by molar-refractivity contribution is 0.177. The zero-order valence-corrected chi connectivity index (χ0v) is 10.9. The van der Waals surface area contributed by atoms with Crippen molar-refractivity contribution in [3.8, 4) is 5.75 Å². The maximum atomic E-state index is 10.2. The van der Waals surface area contributed by atoms with Gasteiger partial charge in [0.15, 0.2) is 0 Å². The quantitative estimate of drug-likeness (QED) is 0.897. The van der Waals surface area contributed by atoms with Crippen molar-refractivity contribution in [2.24, 2.45) is 7.05 Å². The molecule has 1 N–H and O–H groups in total. The molecule has 1 aromatic carbocycles. The number of methoxy groups -OCH3 is 1. The summed E-state index contributed by atoms with van der Waals surface area (Å²) >= 11 is 0. The minimum absolute atomic E-state index is 0.536. The number of nitrogens with zero attached hydrogens (tertiary/aromatic N) is 2. The number of aryl methyl sites for hydroxylation is 2. The van der Waals surface area contributed by atoms with E-state index in [4.69, 9.17) is 4.74 Å². The van der Waals surface area contributed by atoms with Crippen LogP contribution in [-0.2, 0) is 13.5 Å². The van der Waals surface area contributed by atoms with E-state index in [9.17, 15) is 5.11 Å². The summed E-state index contributed by atoms with van der Waals surface area (Å²) in [6, 6.07) is 7.74. The van der Waals surface area contributed by atoms with E-state index in [1.807, 2.05) is 44.4 Å². The summed E-state index contributed by atoms with van der Waals surface area (Å²) < 4.78 is 6.89. The Balaban J connectivity index is 2.15. The molecule has 0 aliphatic carbocycles. The monoisotopic (exact) mass is 246 g/mol. The number of benzene rings is 1. The molecule has 4 heteroatoms. The molecule has 0 amide bonds. The van der Waals surface area contributed by atoms with E-state index in [1.54, 1.807) is 11.8 Å². The van der Waals surface area contributed by atoms with Gasteiger partial charge < -0.3 is 9.84 Å². The van der Waals surface area contributed by atoms with Gasteiger partial charge in [-0.15, -0.1) is 0 Å². The second-order valence-electron chi connectivity index (χ2n) is 4.41. The molecule has 4 nitrogen and oxygen atoms in total. The van der Waals surface area contributed by atoms with Crippen molar-refractivity contribution in [1.29, 1.82) is 0 Å². The molecule has 18 heavy (non-hydrogen) atoms. The third-order valence-electron chi connectivity index (χ3n) is 2.97. The van der Waals surface area contributed by atoms with Crippen molar-refractivity contribution >= 4 is 0 Å². The fourth-order valence-electron chi connectivity index (χ4n) is 2.08. The summed E-state index contributed by atoms with van der Waals surface area (Å²) in [5, 5.41) is 14.5. The Labute approximate surface area is 107 Å². The smallest absolute Gasteiger partial charge is 0.119 e. The first-order chi connectivity index (χ1) is 8.60. The van der Waals surface area contributed by atoms with Crippen LogP contribution in [-0.4, -0.2) is 22.0 Å². The molecule has 0 radical (unpaired) electrons. The minimum atomic E-state index is -0.536. The molecule has 1 aromatic heterocycles. The molecule has 1 heterocycles. The fourth-order valence-corrected chi connectivity index (χ4v) is 2.08. The van der Waals surface area contributed by atoms with Crippen LogP contribution in [0.25, 0.3) is 0 Å². The number of aromatic nitrogens is 2. The van der Waals surface area contributed by atoms with Crippen molar-refractivity contribution in [3.05, 3.63) is 47.3 Å². The van der Waals surface area contributed by atoms with Crippen molar-refractivity contribution in [1.82, 2.24) is 9.78 Å². The Morgan fingerprint density at radius 3 is 2.83 bits per heavy atom. The molecular weight excluding hydrogens is 228 g/mol. The average Bonchev–Trinajstić information content (AvgIpc) is 2.69. The van der Waals surface area contributed by atoms with E-state index in [0.717, 1.165) is 22.6 Å². The van der Waals surface area contributed by atoms with Crippen molar-refractivity contribution in [2.45, 2.75) is 19.4 Å². The number of ether oxygens (including phenoxy) is 1. The molecule has 2 aromatic rings. The van der Waals surface area contributed by atoms with Gasteiger partial charge >= 0.3 is 0 Å². The van der Waals surface area contributed by atoms with Gasteiger partial charge in [-0.1, -0.05) is 12.1 Å². The summed E-state index contributed by atoms with van der Waals surface area (Å²) in [7, 11) is 3.50. The molecule has 96 valence electrons. The molecule has 0 spiro atoms. The summed E-state index contributed by atoms with van der Waals surface area (Å²) in [5.41, 5.74) is 2.79. The highest BCUT2D eigenvalue weighted by molar-refractivity contribution is 5.30. The highest BCUT2D eigenvalue weighted by Crippen LogP contribution is 2.22. The zero-order valence-electron chi connectivity index (χ0n) is 10.9. The molecule has 1 atom stereocenters. The lowest BCUT2D eigenvalue weighted by Gasteiger charge is -2.10. The van der Waals surface area contributed by atoms with E-state index in [1.165, 1.54) is 0 Å². The van der Waals surface area contributed by atoms with Gasteiger partial charge in [0.05, 0.1) is 18.9 Å². The van der Waals surface area contributed by atoms with Crippen LogP contribution in [0.15, 0.2) is 30.5 Å². The Morgan fingerprint density at radius 2 is 2.22 bits per heavy atom. The maximum absolute atomic E-state index is 10.2. The third kappa shape index (κ3) is 2.71. The standard InChI is InChI=1S/C14H18N2O2/c1-10-13(9-16(2)15-10)14(17)8-11-5-4-6-12(7-11)18-3/h4-7,9,14,17H,8H2,1-3H3. The summed E-state index contributed by atoms with van der Waals surface area (Å²) in [4.78, 5) is 0.